The minimum Gasteiger partial charge on any atom is -0.317 e. The molecule has 0 saturated heterocycles. The molecule has 252 valence electrons. The van der Waals surface area contributed by atoms with Crippen molar-refractivity contribution < 1.29 is 14.4 Å². The summed E-state index contributed by atoms with van der Waals surface area (Å²) in [6.45, 7) is 12.4. The highest BCUT2D eigenvalue weighted by Crippen LogP contribution is 2.33. The van der Waals surface area contributed by atoms with E-state index >= 15 is 0 Å². The molecule has 0 aliphatic heterocycles. The molecule has 4 aromatic carbocycles. The van der Waals surface area contributed by atoms with Gasteiger partial charge in [-0.25, -0.2) is 4.79 Å². The number of nitrogens with one attached hydrogen (secondary N) is 4. The molecule has 0 spiro atoms. The maximum atomic E-state index is 12.7. The van der Waals surface area contributed by atoms with Crippen molar-refractivity contribution in [2.24, 2.45) is 0 Å². The molecule has 9 heteroatoms. The molecule has 0 saturated carbocycles. The first-order valence-corrected chi connectivity index (χ1v) is 17.9. The van der Waals surface area contributed by atoms with Crippen LogP contribution in [0.3, 0.4) is 0 Å². The van der Waals surface area contributed by atoms with E-state index in [1.165, 1.54) is 23.5 Å². The molecule has 0 aromatic heterocycles. The van der Waals surface area contributed by atoms with E-state index in [1.54, 1.807) is 0 Å². The van der Waals surface area contributed by atoms with Crippen molar-refractivity contribution in [1.82, 2.24) is 0 Å². The summed E-state index contributed by atoms with van der Waals surface area (Å²) in [6.07, 6.45) is 3.35. The van der Waals surface area contributed by atoms with Gasteiger partial charge in [0, 0.05) is 32.2 Å². The fraction of sp³-hybridized carbons (Fsp3) is 0.308. The number of benzene rings is 4. The van der Waals surface area contributed by atoms with E-state index in [9.17, 15) is 14.4 Å². The lowest BCUT2D eigenvalue weighted by Crippen LogP contribution is -2.22. The Labute approximate surface area is 293 Å². The third-order valence-corrected chi connectivity index (χ3v) is 10.1. The molecule has 0 bridgehead atoms. The van der Waals surface area contributed by atoms with Crippen LogP contribution in [0, 0.1) is 0 Å². The lowest BCUT2D eigenvalue weighted by molar-refractivity contribution is 0.262. The number of rotatable bonds is 11. The third-order valence-electron chi connectivity index (χ3n) is 7.87. The Morgan fingerprint density at radius 1 is 0.479 bits per heavy atom. The van der Waals surface area contributed by atoms with Gasteiger partial charge in [-0.05, 0) is 103 Å². The fourth-order valence-electron chi connectivity index (χ4n) is 4.77. The summed E-state index contributed by atoms with van der Waals surface area (Å²) >= 11 is 2.64. The zero-order valence-corrected chi connectivity index (χ0v) is 30.2. The summed E-state index contributed by atoms with van der Waals surface area (Å²) in [7, 11) is 0. The van der Waals surface area contributed by atoms with Crippen LogP contribution in [0.2, 0.25) is 0 Å². The van der Waals surface area contributed by atoms with Gasteiger partial charge in [-0.1, -0.05) is 107 Å². The summed E-state index contributed by atoms with van der Waals surface area (Å²) in [5, 5.41) is 11.6. The second-order valence-electron chi connectivity index (χ2n) is 13.0. The largest absolute Gasteiger partial charge is 0.323 e. The van der Waals surface area contributed by atoms with Gasteiger partial charge >= 0.3 is 6.03 Å². The minimum atomic E-state index is -0.313. The number of urea groups is 1. The second kappa shape index (κ2) is 16.8. The lowest BCUT2D eigenvalue weighted by Gasteiger charge is -2.24. The first kappa shape index (κ1) is 36.6. The Balaban J connectivity index is 1.21. The van der Waals surface area contributed by atoms with Gasteiger partial charge in [0.2, 0.25) is 0 Å². The van der Waals surface area contributed by atoms with Crippen LogP contribution in [-0.2, 0) is 12.8 Å². The Morgan fingerprint density at radius 3 is 1.06 bits per heavy atom. The van der Waals surface area contributed by atoms with Crippen LogP contribution >= 0.6 is 23.5 Å². The van der Waals surface area contributed by atoms with Crippen LogP contribution in [0.4, 0.5) is 37.1 Å². The van der Waals surface area contributed by atoms with E-state index in [0.717, 1.165) is 59.3 Å². The van der Waals surface area contributed by atoms with Crippen LogP contribution in [0.5, 0.6) is 0 Å². The molecule has 0 atom stereocenters. The fourth-order valence-corrected chi connectivity index (χ4v) is 6.40. The van der Waals surface area contributed by atoms with E-state index in [-0.39, 0.29) is 26.0 Å². The topological polar surface area (TPSA) is 99.3 Å². The number of anilines is 4. The number of hydrogen-bond donors (Lipinski definition) is 4. The van der Waals surface area contributed by atoms with Gasteiger partial charge in [0.05, 0.1) is 0 Å². The molecular weight excluding hydrogens is 637 g/mol. The van der Waals surface area contributed by atoms with Gasteiger partial charge in [0.15, 0.2) is 0 Å². The zero-order chi connectivity index (χ0) is 34.7. The molecule has 4 aromatic rings. The average molecular weight is 683 g/mol. The number of carbonyl (C=O) groups excluding carboxylic acids is 3. The van der Waals surface area contributed by atoms with Crippen LogP contribution in [0.25, 0.3) is 0 Å². The predicted octanol–water partition coefficient (Wildman–Crippen LogP) is 11.4. The van der Waals surface area contributed by atoms with Crippen molar-refractivity contribution in [3.63, 3.8) is 0 Å². The van der Waals surface area contributed by atoms with Crippen molar-refractivity contribution in [3.8, 4) is 0 Å². The number of thioether (sulfide) groups is 2. The standard InChI is InChI=1S/C39H46N4O3S2/c1-7-39(6,8-2)48-37(46)43-34-23-15-30(16-24-34)26-28-11-19-32(20-12-28)41-35(44)40-31-17-9-27(10-18-31)25-29-13-21-33(22-14-29)42-36(45)47-38(3,4)5/h9-24H,7-8,25-26H2,1-6H3,(H,42,45)(H,43,46)(H2,40,41,44). The molecule has 4 rings (SSSR count). The summed E-state index contributed by atoms with van der Waals surface area (Å²) in [6, 6.07) is 31.0. The normalized spacial score (nSPS) is 11.5. The molecule has 0 aliphatic carbocycles. The molecule has 0 heterocycles. The van der Waals surface area contributed by atoms with Gasteiger partial charge in [0.25, 0.3) is 10.5 Å². The highest BCUT2D eigenvalue weighted by molar-refractivity contribution is 8.15. The van der Waals surface area contributed by atoms with Crippen LogP contribution in [-0.4, -0.2) is 26.0 Å². The monoisotopic (exact) mass is 682 g/mol. The van der Waals surface area contributed by atoms with Gasteiger partial charge < -0.3 is 21.3 Å². The van der Waals surface area contributed by atoms with Crippen molar-refractivity contribution >= 4 is 62.8 Å². The molecule has 4 N–H and O–H groups in total. The van der Waals surface area contributed by atoms with Gasteiger partial charge in [-0.2, -0.15) is 0 Å². The Kier molecular flexibility index (Phi) is 12.8. The third kappa shape index (κ3) is 12.1. The summed E-state index contributed by atoms with van der Waals surface area (Å²) in [5.41, 5.74) is 7.44. The smallest absolute Gasteiger partial charge is 0.317 e. The highest BCUT2D eigenvalue weighted by Gasteiger charge is 2.24. The van der Waals surface area contributed by atoms with Crippen LogP contribution in [0.1, 0.15) is 76.6 Å². The number of hydrogen-bond acceptors (Lipinski definition) is 5. The van der Waals surface area contributed by atoms with Gasteiger partial charge in [-0.3, -0.25) is 9.59 Å². The SMILES string of the molecule is CCC(C)(CC)SC(=O)Nc1ccc(Cc2ccc(NC(=O)Nc3ccc(Cc4ccc(NC(=O)SC(C)(C)C)cc4)cc3)cc2)cc1. The second-order valence-corrected chi connectivity index (χ2v) is 16.4. The quantitative estimate of drug-likeness (QED) is 0.126. The van der Waals surface area contributed by atoms with Crippen molar-refractivity contribution in [3.05, 3.63) is 119 Å². The molecule has 0 aliphatic rings. The van der Waals surface area contributed by atoms with E-state index in [1.807, 2.05) is 118 Å². The average Bonchev–Trinajstić information content (AvgIpc) is 3.04. The maximum absolute atomic E-state index is 12.7. The molecule has 0 unspecified atom stereocenters. The van der Waals surface area contributed by atoms with E-state index in [4.69, 9.17) is 0 Å². The van der Waals surface area contributed by atoms with Gasteiger partial charge in [-0.15, -0.1) is 0 Å². The van der Waals surface area contributed by atoms with E-state index in [2.05, 4.69) is 42.0 Å². The Morgan fingerprint density at radius 2 is 0.771 bits per heavy atom. The number of carbonyl (C=O) groups is 3. The Bertz CT molecular complexity index is 1660. The first-order chi connectivity index (χ1) is 22.8. The zero-order valence-electron chi connectivity index (χ0n) is 28.6. The highest BCUT2D eigenvalue weighted by atomic mass is 32.2. The van der Waals surface area contributed by atoms with Crippen molar-refractivity contribution in [2.45, 2.75) is 76.7 Å². The molecule has 4 amide bonds. The van der Waals surface area contributed by atoms with E-state index in [0.29, 0.717) is 11.4 Å². The van der Waals surface area contributed by atoms with Crippen molar-refractivity contribution in [2.75, 3.05) is 21.3 Å². The van der Waals surface area contributed by atoms with E-state index < -0.39 is 0 Å². The summed E-state index contributed by atoms with van der Waals surface area (Å²) in [4.78, 5) is 37.3. The molecule has 7 nitrogen and oxygen atoms in total. The first-order valence-electron chi connectivity index (χ1n) is 16.2. The van der Waals surface area contributed by atoms with Crippen LogP contribution < -0.4 is 21.3 Å². The molecular formula is C39H46N4O3S2. The predicted molar refractivity (Wildman–Crippen MR) is 206 cm³/mol. The minimum absolute atomic E-state index is 0.0317. The summed E-state index contributed by atoms with van der Waals surface area (Å²) in [5.74, 6) is 0. The molecule has 0 fully saturated rings. The number of amides is 4. The Hall–Kier alpha value is -4.21. The maximum Gasteiger partial charge on any atom is 0.323 e. The molecule has 0 radical (unpaired) electrons. The lowest BCUT2D eigenvalue weighted by atomic mass is 10.0. The summed E-state index contributed by atoms with van der Waals surface area (Å²) < 4.78 is -0.192. The van der Waals surface area contributed by atoms with Crippen molar-refractivity contribution in [1.29, 1.82) is 0 Å². The van der Waals surface area contributed by atoms with Gasteiger partial charge in [0.1, 0.15) is 0 Å². The molecule has 48 heavy (non-hydrogen) atoms. The van der Waals surface area contributed by atoms with Crippen LogP contribution in [0.15, 0.2) is 97.1 Å².